The van der Waals surface area contributed by atoms with Crippen LogP contribution in [0, 0.1) is 13.8 Å². The number of hydrogen-bond acceptors (Lipinski definition) is 2. The summed E-state index contributed by atoms with van der Waals surface area (Å²) in [7, 11) is 1.70. The number of thiophene rings is 1. The van der Waals surface area contributed by atoms with Gasteiger partial charge in [0, 0.05) is 4.88 Å². The van der Waals surface area contributed by atoms with Gasteiger partial charge in [-0.05, 0) is 60.2 Å². The van der Waals surface area contributed by atoms with Gasteiger partial charge in [-0.15, -0.1) is 11.3 Å². The number of benzene rings is 1. The SMILES string of the molecule is COc1ccc(-c2sccc2C)c(C)c1. The third-order valence-electron chi connectivity index (χ3n) is 2.54. The molecule has 0 aliphatic carbocycles. The fourth-order valence-corrected chi connectivity index (χ4v) is 2.68. The molecule has 0 atom stereocenters. The van der Waals surface area contributed by atoms with Crippen LogP contribution in [0.5, 0.6) is 5.75 Å². The zero-order chi connectivity index (χ0) is 10.8. The number of ether oxygens (including phenoxy) is 1. The maximum Gasteiger partial charge on any atom is 0.119 e. The average Bonchev–Trinajstić information content (AvgIpc) is 2.64. The van der Waals surface area contributed by atoms with E-state index in [0.29, 0.717) is 0 Å². The van der Waals surface area contributed by atoms with E-state index < -0.39 is 0 Å². The number of hydrogen-bond donors (Lipinski definition) is 0. The van der Waals surface area contributed by atoms with Crippen molar-refractivity contribution in [2.75, 3.05) is 7.11 Å². The summed E-state index contributed by atoms with van der Waals surface area (Å²) in [5.41, 5.74) is 3.91. The molecule has 2 aromatic rings. The first kappa shape index (κ1) is 10.2. The highest BCUT2D eigenvalue weighted by Gasteiger charge is 2.06. The molecule has 15 heavy (non-hydrogen) atoms. The molecule has 2 rings (SSSR count). The van der Waals surface area contributed by atoms with Crippen LogP contribution >= 0.6 is 11.3 Å². The molecule has 0 unspecified atom stereocenters. The van der Waals surface area contributed by atoms with Crippen molar-refractivity contribution in [2.24, 2.45) is 0 Å². The van der Waals surface area contributed by atoms with E-state index in [0.717, 1.165) is 5.75 Å². The monoisotopic (exact) mass is 218 g/mol. The zero-order valence-electron chi connectivity index (χ0n) is 9.20. The largest absolute Gasteiger partial charge is 0.497 e. The second kappa shape index (κ2) is 4.07. The van der Waals surface area contributed by atoms with Gasteiger partial charge in [0.05, 0.1) is 7.11 Å². The van der Waals surface area contributed by atoms with Crippen molar-refractivity contribution < 1.29 is 4.74 Å². The summed E-state index contributed by atoms with van der Waals surface area (Å²) in [4.78, 5) is 1.36. The molecule has 2 heteroatoms. The molecule has 1 nitrogen and oxygen atoms in total. The van der Waals surface area contributed by atoms with Crippen molar-refractivity contribution in [3.8, 4) is 16.2 Å². The van der Waals surface area contributed by atoms with Gasteiger partial charge in [0.2, 0.25) is 0 Å². The lowest BCUT2D eigenvalue weighted by atomic mass is 10.0. The number of aryl methyl sites for hydroxylation is 2. The molecule has 1 aromatic heterocycles. The smallest absolute Gasteiger partial charge is 0.119 e. The minimum atomic E-state index is 0.922. The Hall–Kier alpha value is -1.28. The summed E-state index contributed by atoms with van der Waals surface area (Å²) >= 11 is 1.79. The molecule has 0 fully saturated rings. The zero-order valence-corrected chi connectivity index (χ0v) is 10.0. The number of rotatable bonds is 2. The van der Waals surface area contributed by atoms with Gasteiger partial charge in [-0.25, -0.2) is 0 Å². The second-order valence-electron chi connectivity index (χ2n) is 3.61. The van der Waals surface area contributed by atoms with E-state index in [-0.39, 0.29) is 0 Å². The third-order valence-corrected chi connectivity index (χ3v) is 3.59. The van der Waals surface area contributed by atoms with Crippen molar-refractivity contribution >= 4 is 11.3 Å². The van der Waals surface area contributed by atoms with E-state index >= 15 is 0 Å². The van der Waals surface area contributed by atoms with Gasteiger partial charge < -0.3 is 4.74 Å². The normalized spacial score (nSPS) is 10.3. The van der Waals surface area contributed by atoms with Crippen LogP contribution in [0.2, 0.25) is 0 Å². The minimum absolute atomic E-state index is 0.922. The Morgan fingerprint density at radius 3 is 2.40 bits per heavy atom. The van der Waals surface area contributed by atoms with Crippen LogP contribution in [0.4, 0.5) is 0 Å². The molecular formula is C13H14OS. The van der Waals surface area contributed by atoms with E-state index in [2.05, 4.69) is 37.4 Å². The quantitative estimate of drug-likeness (QED) is 0.739. The number of methoxy groups -OCH3 is 1. The first-order valence-electron chi connectivity index (χ1n) is 4.91. The summed E-state index contributed by atoms with van der Waals surface area (Å²) in [5, 5.41) is 2.13. The molecule has 0 amide bonds. The molecular weight excluding hydrogens is 204 g/mol. The molecule has 0 aliphatic rings. The van der Waals surface area contributed by atoms with Crippen LogP contribution in [0.3, 0.4) is 0 Å². The summed E-state index contributed by atoms with van der Waals surface area (Å²) in [6.07, 6.45) is 0. The lowest BCUT2D eigenvalue weighted by molar-refractivity contribution is 0.414. The van der Waals surface area contributed by atoms with Gasteiger partial charge in [-0.3, -0.25) is 0 Å². The fraction of sp³-hybridized carbons (Fsp3) is 0.231. The van der Waals surface area contributed by atoms with Gasteiger partial charge in [-0.2, -0.15) is 0 Å². The van der Waals surface area contributed by atoms with Crippen LogP contribution in [0.25, 0.3) is 10.4 Å². The first-order chi connectivity index (χ1) is 7.22. The molecule has 0 saturated carbocycles. The maximum atomic E-state index is 5.20. The first-order valence-corrected chi connectivity index (χ1v) is 5.79. The van der Waals surface area contributed by atoms with Gasteiger partial charge in [0.15, 0.2) is 0 Å². The van der Waals surface area contributed by atoms with Crippen LogP contribution in [0.15, 0.2) is 29.6 Å². The standard InChI is InChI=1S/C13H14OS/c1-9-6-7-15-13(9)12-5-4-11(14-3)8-10(12)2/h4-8H,1-3H3. The Labute approximate surface area is 94.3 Å². The molecule has 0 saturated heterocycles. The molecule has 0 N–H and O–H groups in total. The van der Waals surface area contributed by atoms with Crippen LogP contribution in [-0.2, 0) is 0 Å². The molecule has 0 aliphatic heterocycles. The van der Waals surface area contributed by atoms with Crippen molar-refractivity contribution in [3.63, 3.8) is 0 Å². The lowest BCUT2D eigenvalue weighted by Gasteiger charge is -2.07. The summed E-state index contributed by atoms with van der Waals surface area (Å²) in [6.45, 7) is 4.27. The van der Waals surface area contributed by atoms with Crippen LogP contribution in [-0.4, -0.2) is 7.11 Å². The molecule has 0 bridgehead atoms. The molecule has 0 spiro atoms. The average molecular weight is 218 g/mol. The van der Waals surface area contributed by atoms with Crippen molar-refractivity contribution in [1.82, 2.24) is 0 Å². The van der Waals surface area contributed by atoms with Crippen LogP contribution in [0.1, 0.15) is 11.1 Å². The molecule has 78 valence electrons. The predicted octanol–water partition coefficient (Wildman–Crippen LogP) is 4.04. The Kier molecular flexibility index (Phi) is 2.78. The topological polar surface area (TPSA) is 9.23 Å². The van der Waals surface area contributed by atoms with Gasteiger partial charge in [0.25, 0.3) is 0 Å². The summed E-state index contributed by atoms with van der Waals surface area (Å²) in [5.74, 6) is 0.922. The lowest BCUT2D eigenvalue weighted by Crippen LogP contribution is -1.86. The van der Waals surface area contributed by atoms with E-state index in [1.807, 2.05) is 6.07 Å². The van der Waals surface area contributed by atoms with Crippen molar-refractivity contribution in [2.45, 2.75) is 13.8 Å². The highest BCUT2D eigenvalue weighted by Crippen LogP contribution is 2.33. The molecule has 0 radical (unpaired) electrons. The van der Waals surface area contributed by atoms with E-state index in [4.69, 9.17) is 4.74 Å². The maximum absolute atomic E-state index is 5.20. The summed E-state index contributed by atoms with van der Waals surface area (Å²) in [6, 6.07) is 8.38. The second-order valence-corrected chi connectivity index (χ2v) is 4.53. The van der Waals surface area contributed by atoms with Gasteiger partial charge in [-0.1, -0.05) is 0 Å². The molecule has 1 heterocycles. The Morgan fingerprint density at radius 2 is 1.87 bits per heavy atom. The van der Waals surface area contributed by atoms with E-state index in [1.165, 1.54) is 21.6 Å². The van der Waals surface area contributed by atoms with E-state index in [1.54, 1.807) is 18.4 Å². The summed E-state index contributed by atoms with van der Waals surface area (Å²) < 4.78 is 5.20. The van der Waals surface area contributed by atoms with Crippen molar-refractivity contribution in [3.05, 3.63) is 40.8 Å². The fourth-order valence-electron chi connectivity index (χ4n) is 1.67. The van der Waals surface area contributed by atoms with E-state index in [9.17, 15) is 0 Å². The Bertz CT molecular complexity index is 471. The van der Waals surface area contributed by atoms with Crippen molar-refractivity contribution in [1.29, 1.82) is 0 Å². The predicted molar refractivity (Wildman–Crippen MR) is 65.8 cm³/mol. The highest BCUT2D eigenvalue weighted by atomic mass is 32.1. The highest BCUT2D eigenvalue weighted by molar-refractivity contribution is 7.13. The minimum Gasteiger partial charge on any atom is -0.497 e. The Balaban J connectivity index is 2.50. The van der Waals surface area contributed by atoms with Gasteiger partial charge >= 0.3 is 0 Å². The third kappa shape index (κ3) is 1.90. The van der Waals surface area contributed by atoms with Gasteiger partial charge in [0.1, 0.15) is 5.75 Å². The van der Waals surface area contributed by atoms with Crippen LogP contribution < -0.4 is 4.74 Å². The Morgan fingerprint density at radius 1 is 1.07 bits per heavy atom. The molecule has 1 aromatic carbocycles.